The van der Waals surface area contributed by atoms with Gasteiger partial charge in [0.15, 0.2) is 5.13 Å². The molecule has 0 unspecified atom stereocenters. The molecule has 9 heteroatoms. The maximum absolute atomic E-state index is 12.7. The highest BCUT2D eigenvalue weighted by atomic mass is 32.2. The smallest absolute Gasteiger partial charge is 0.257 e. The SMILES string of the molecule is CN(Cc1ccco1)S(=O)(=O)c1ccc(C(=O)Nc2nc(-c3ccccc3)cs2)cc1. The number of carbonyl (C=O) groups excluding carboxylic acids is 1. The lowest BCUT2D eigenvalue weighted by Gasteiger charge is -2.16. The molecule has 0 aliphatic carbocycles. The molecule has 1 amide bonds. The van der Waals surface area contributed by atoms with Crippen LogP contribution in [-0.4, -0.2) is 30.7 Å². The van der Waals surface area contributed by atoms with Crippen molar-refractivity contribution < 1.29 is 17.6 Å². The number of rotatable bonds is 7. The van der Waals surface area contributed by atoms with Gasteiger partial charge in [0, 0.05) is 23.6 Å². The van der Waals surface area contributed by atoms with Crippen LogP contribution in [0.25, 0.3) is 11.3 Å². The maximum Gasteiger partial charge on any atom is 0.257 e. The Morgan fingerprint density at radius 2 is 1.81 bits per heavy atom. The molecule has 0 fully saturated rings. The zero-order valence-corrected chi connectivity index (χ0v) is 18.2. The zero-order valence-electron chi connectivity index (χ0n) is 16.6. The van der Waals surface area contributed by atoms with Crippen LogP contribution in [0.15, 0.2) is 87.7 Å². The van der Waals surface area contributed by atoms with E-state index < -0.39 is 10.0 Å². The molecule has 0 saturated heterocycles. The molecule has 0 aliphatic rings. The van der Waals surface area contributed by atoms with Crippen molar-refractivity contribution in [2.75, 3.05) is 12.4 Å². The molecule has 2 aromatic heterocycles. The Kier molecular flexibility index (Phi) is 5.99. The topological polar surface area (TPSA) is 92.5 Å². The molecule has 158 valence electrons. The highest BCUT2D eigenvalue weighted by Crippen LogP contribution is 2.25. The second-order valence-corrected chi connectivity index (χ2v) is 9.63. The number of anilines is 1. The average Bonchev–Trinajstić information content (AvgIpc) is 3.46. The van der Waals surface area contributed by atoms with Crippen LogP contribution in [0.5, 0.6) is 0 Å². The number of aromatic nitrogens is 1. The van der Waals surface area contributed by atoms with Gasteiger partial charge >= 0.3 is 0 Å². The summed E-state index contributed by atoms with van der Waals surface area (Å²) in [4.78, 5) is 17.1. The number of sulfonamides is 1. The monoisotopic (exact) mass is 453 g/mol. The van der Waals surface area contributed by atoms with Crippen LogP contribution in [-0.2, 0) is 16.6 Å². The second-order valence-electron chi connectivity index (χ2n) is 6.72. The van der Waals surface area contributed by atoms with E-state index in [2.05, 4.69) is 10.3 Å². The van der Waals surface area contributed by atoms with Crippen LogP contribution in [0.4, 0.5) is 5.13 Å². The molecule has 31 heavy (non-hydrogen) atoms. The molecule has 4 rings (SSSR count). The lowest BCUT2D eigenvalue weighted by molar-refractivity contribution is 0.102. The Morgan fingerprint density at radius 3 is 2.48 bits per heavy atom. The first kappa shape index (κ1) is 21.0. The molecule has 0 atom stereocenters. The third kappa shape index (κ3) is 4.74. The first-order valence-electron chi connectivity index (χ1n) is 9.34. The van der Waals surface area contributed by atoms with E-state index in [0.29, 0.717) is 16.5 Å². The van der Waals surface area contributed by atoms with E-state index >= 15 is 0 Å². The highest BCUT2D eigenvalue weighted by Gasteiger charge is 2.22. The Hall–Kier alpha value is -3.27. The van der Waals surface area contributed by atoms with Crippen LogP contribution in [0, 0.1) is 0 Å². The van der Waals surface area contributed by atoms with Crippen molar-refractivity contribution in [3.05, 3.63) is 89.7 Å². The Morgan fingerprint density at radius 1 is 1.06 bits per heavy atom. The molecule has 0 radical (unpaired) electrons. The highest BCUT2D eigenvalue weighted by molar-refractivity contribution is 7.89. The van der Waals surface area contributed by atoms with Gasteiger partial charge in [0.2, 0.25) is 10.0 Å². The van der Waals surface area contributed by atoms with Crippen LogP contribution in [0.2, 0.25) is 0 Å². The summed E-state index contributed by atoms with van der Waals surface area (Å²) in [5.41, 5.74) is 2.08. The van der Waals surface area contributed by atoms with E-state index in [1.54, 1.807) is 12.1 Å². The van der Waals surface area contributed by atoms with Crippen molar-refractivity contribution in [1.82, 2.24) is 9.29 Å². The Bertz CT molecular complexity index is 1270. The number of nitrogens with zero attached hydrogens (tertiary/aromatic N) is 2. The summed E-state index contributed by atoms with van der Waals surface area (Å²) in [6, 6.07) is 18.9. The van der Waals surface area contributed by atoms with Crippen LogP contribution >= 0.6 is 11.3 Å². The van der Waals surface area contributed by atoms with Crippen molar-refractivity contribution in [3.63, 3.8) is 0 Å². The molecule has 0 bridgehead atoms. The van der Waals surface area contributed by atoms with Gasteiger partial charge in [0.25, 0.3) is 5.91 Å². The predicted octanol–water partition coefficient (Wildman–Crippen LogP) is 4.48. The predicted molar refractivity (Wildman–Crippen MR) is 119 cm³/mol. The first-order valence-corrected chi connectivity index (χ1v) is 11.7. The molecule has 0 aliphatic heterocycles. The van der Waals surface area contributed by atoms with Crippen LogP contribution in [0.1, 0.15) is 16.1 Å². The average molecular weight is 454 g/mol. The van der Waals surface area contributed by atoms with Crippen LogP contribution < -0.4 is 5.32 Å². The standard InChI is InChI=1S/C22H19N3O4S2/c1-25(14-18-8-5-13-29-18)31(27,28)19-11-9-17(10-12-19)21(26)24-22-23-20(15-30-22)16-6-3-2-4-7-16/h2-13,15H,14H2,1H3,(H,23,24,26). The number of nitrogens with one attached hydrogen (secondary N) is 1. The molecular formula is C22H19N3O4S2. The summed E-state index contributed by atoms with van der Waals surface area (Å²) in [6.45, 7) is 0.116. The molecule has 2 aromatic carbocycles. The van der Waals surface area contributed by atoms with Gasteiger partial charge in [-0.25, -0.2) is 13.4 Å². The van der Waals surface area contributed by atoms with E-state index in [-0.39, 0.29) is 17.3 Å². The number of thiazole rings is 1. The summed E-state index contributed by atoms with van der Waals surface area (Å²) in [7, 11) is -2.23. The molecule has 7 nitrogen and oxygen atoms in total. The van der Waals surface area contributed by atoms with E-state index in [9.17, 15) is 13.2 Å². The van der Waals surface area contributed by atoms with E-state index in [4.69, 9.17) is 4.42 Å². The third-order valence-corrected chi connectivity index (χ3v) is 7.15. The normalized spacial score (nSPS) is 11.5. The minimum absolute atomic E-state index is 0.0960. The van der Waals surface area contributed by atoms with E-state index in [1.165, 1.54) is 53.2 Å². The third-order valence-electron chi connectivity index (χ3n) is 4.58. The lowest BCUT2D eigenvalue weighted by atomic mass is 10.2. The zero-order chi connectivity index (χ0) is 21.8. The van der Waals surface area contributed by atoms with Gasteiger partial charge < -0.3 is 4.42 Å². The lowest BCUT2D eigenvalue weighted by Crippen LogP contribution is -2.26. The fraction of sp³-hybridized carbons (Fsp3) is 0.0909. The second kappa shape index (κ2) is 8.84. The number of carbonyl (C=O) groups is 1. The van der Waals surface area contributed by atoms with E-state index in [1.807, 2.05) is 35.7 Å². The quantitative estimate of drug-likeness (QED) is 0.446. The van der Waals surface area contributed by atoms with Crippen molar-refractivity contribution in [3.8, 4) is 11.3 Å². The van der Waals surface area contributed by atoms with Crippen molar-refractivity contribution in [1.29, 1.82) is 0 Å². The summed E-state index contributed by atoms with van der Waals surface area (Å²) >= 11 is 1.33. The van der Waals surface area contributed by atoms with Gasteiger partial charge in [0.1, 0.15) is 5.76 Å². The number of furan rings is 1. The number of hydrogen-bond donors (Lipinski definition) is 1. The molecule has 4 aromatic rings. The Balaban J connectivity index is 1.44. The van der Waals surface area contributed by atoms with Gasteiger partial charge in [-0.15, -0.1) is 11.3 Å². The van der Waals surface area contributed by atoms with Crippen molar-refractivity contribution >= 4 is 32.4 Å². The summed E-state index contributed by atoms with van der Waals surface area (Å²) < 4.78 is 31.9. The molecule has 2 heterocycles. The van der Waals surface area contributed by atoms with Crippen molar-refractivity contribution in [2.45, 2.75) is 11.4 Å². The van der Waals surface area contributed by atoms with Gasteiger partial charge in [-0.1, -0.05) is 30.3 Å². The number of amides is 1. The molecular weight excluding hydrogens is 434 g/mol. The first-order chi connectivity index (χ1) is 14.9. The minimum atomic E-state index is -3.71. The van der Waals surface area contributed by atoms with Gasteiger partial charge in [0.05, 0.1) is 23.4 Å². The summed E-state index contributed by atoms with van der Waals surface area (Å²) in [5, 5.41) is 5.10. The van der Waals surface area contributed by atoms with E-state index in [0.717, 1.165) is 11.3 Å². The Labute approximate surface area is 184 Å². The number of hydrogen-bond acceptors (Lipinski definition) is 6. The molecule has 0 saturated carbocycles. The summed E-state index contributed by atoms with van der Waals surface area (Å²) in [6.07, 6.45) is 1.49. The maximum atomic E-state index is 12.7. The fourth-order valence-corrected chi connectivity index (χ4v) is 4.76. The fourth-order valence-electron chi connectivity index (χ4n) is 2.91. The minimum Gasteiger partial charge on any atom is -0.468 e. The van der Waals surface area contributed by atoms with Gasteiger partial charge in [-0.2, -0.15) is 4.31 Å². The molecule has 1 N–H and O–H groups in total. The van der Waals surface area contributed by atoms with Crippen LogP contribution in [0.3, 0.4) is 0 Å². The summed E-state index contributed by atoms with van der Waals surface area (Å²) in [5.74, 6) is 0.183. The molecule has 0 spiro atoms. The number of benzene rings is 2. The van der Waals surface area contributed by atoms with Gasteiger partial charge in [-0.05, 0) is 36.4 Å². The van der Waals surface area contributed by atoms with Gasteiger partial charge in [-0.3, -0.25) is 10.1 Å². The largest absolute Gasteiger partial charge is 0.468 e. The van der Waals surface area contributed by atoms with Crippen molar-refractivity contribution in [2.24, 2.45) is 0 Å².